The van der Waals surface area contributed by atoms with Crippen molar-refractivity contribution in [1.82, 2.24) is 4.90 Å². The van der Waals surface area contributed by atoms with E-state index in [1.54, 1.807) is 11.0 Å². The van der Waals surface area contributed by atoms with Gasteiger partial charge in [0.2, 0.25) is 0 Å². The number of aliphatic carboxylic acids is 1. The number of rotatable bonds is 4. The molecule has 2 atom stereocenters. The summed E-state index contributed by atoms with van der Waals surface area (Å²) in [6.45, 7) is 6.61. The Bertz CT molecular complexity index is 498. The first-order valence-corrected chi connectivity index (χ1v) is 7.11. The Balaban J connectivity index is 2.16. The molecule has 1 fully saturated rings. The SMILES string of the molecule is CCc1cc(C(=O)N2C[C@@H](C)[C@H](C(=O)O)C2)oc1CC. The number of carboxylic acid groups (broad SMARTS) is 1. The summed E-state index contributed by atoms with van der Waals surface area (Å²) < 4.78 is 5.62. The molecule has 1 saturated heterocycles. The highest BCUT2D eigenvalue weighted by Crippen LogP contribution is 2.26. The van der Waals surface area contributed by atoms with E-state index in [1.807, 2.05) is 20.8 Å². The fraction of sp³-hybridized carbons (Fsp3) is 0.600. The second kappa shape index (κ2) is 5.69. The predicted molar refractivity (Wildman–Crippen MR) is 73.7 cm³/mol. The van der Waals surface area contributed by atoms with E-state index in [0.717, 1.165) is 24.2 Å². The molecule has 0 bridgehead atoms. The lowest BCUT2D eigenvalue weighted by molar-refractivity contribution is -0.142. The summed E-state index contributed by atoms with van der Waals surface area (Å²) in [5, 5.41) is 9.12. The van der Waals surface area contributed by atoms with Crippen LogP contribution in [0.1, 0.15) is 42.6 Å². The Morgan fingerprint density at radius 1 is 1.35 bits per heavy atom. The maximum atomic E-state index is 12.4. The average molecular weight is 279 g/mol. The molecule has 0 aromatic carbocycles. The van der Waals surface area contributed by atoms with Crippen LogP contribution in [0, 0.1) is 11.8 Å². The van der Waals surface area contributed by atoms with Gasteiger partial charge < -0.3 is 14.4 Å². The molecule has 1 aliphatic heterocycles. The molecule has 1 aromatic rings. The minimum Gasteiger partial charge on any atom is -0.481 e. The molecule has 1 amide bonds. The highest BCUT2D eigenvalue weighted by Gasteiger charge is 2.38. The minimum absolute atomic E-state index is 0.0253. The van der Waals surface area contributed by atoms with Gasteiger partial charge in [0.25, 0.3) is 5.91 Å². The van der Waals surface area contributed by atoms with E-state index < -0.39 is 11.9 Å². The lowest BCUT2D eigenvalue weighted by atomic mass is 9.99. The van der Waals surface area contributed by atoms with Crippen LogP contribution in [0.3, 0.4) is 0 Å². The Kier molecular flexibility index (Phi) is 4.16. The molecule has 5 nitrogen and oxygen atoms in total. The van der Waals surface area contributed by atoms with Gasteiger partial charge in [-0.2, -0.15) is 0 Å². The highest BCUT2D eigenvalue weighted by molar-refractivity contribution is 5.92. The summed E-state index contributed by atoms with van der Waals surface area (Å²) in [4.78, 5) is 25.1. The first kappa shape index (κ1) is 14.6. The normalized spacial score (nSPS) is 22.2. The van der Waals surface area contributed by atoms with Crippen LogP contribution in [0.2, 0.25) is 0 Å². The summed E-state index contributed by atoms with van der Waals surface area (Å²) in [5.74, 6) is -0.367. The lowest BCUT2D eigenvalue weighted by Gasteiger charge is -2.13. The van der Waals surface area contributed by atoms with Crippen molar-refractivity contribution in [3.05, 3.63) is 23.2 Å². The van der Waals surface area contributed by atoms with Crippen molar-refractivity contribution in [2.45, 2.75) is 33.6 Å². The van der Waals surface area contributed by atoms with Crippen molar-refractivity contribution >= 4 is 11.9 Å². The van der Waals surface area contributed by atoms with Crippen LogP contribution in [0.4, 0.5) is 0 Å². The number of likely N-dealkylation sites (tertiary alicyclic amines) is 1. The molecule has 110 valence electrons. The Hall–Kier alpha value is -1.78. The zero-order chi connectivity index (χ0) is 14.9. The number of carbonyl (C=O) groups excluding carboxylic acids is 1. The quantitative estimate of drug-likeness (QED) is 0.917. The molecule has 0 radical (unpaired) electrons. The van der Waals surface area contributed by atoms with E-state index in [-0.39, 0.29) is 18.4 Å². The second-order valence-electron chi connectivity index (χ2n) is 5.40. The van der Waals surface area contributed by atoms with E-state index in [4.69, 9.17) is 9.52 Å². The van der Waals surface area contributed by atoms with Crippen molar-refractivity contribution < 1.29 is 19.1 Å². The average Bonchev–Trinajstić information content (AvgIpc) is 3.00. The van der Waals surface area contributed by atoms with Gasteiger partial charge in [0.15, 0.2) is 5.76 Å². The second-order valence-corrected chi connectivity index (χ2v) is 5.40. The molecule has 1 N–H and O–H groups in total. The van der Waals surface area contributed by atoms with E-state index >= 15 is 0 Å². The Morgan fingerprint density at radius 2 is 2.05 bits per heavy atom. The third-order valence-corrected chi connectivity index (χ3v) is 4.03. The molecular formula is C15H21NO4. The molecule has 2 rings (SSSR count). The van der Waals surface area contributed by atoms with E-state index in [1.165, 1.54) is 0 Å². The van der Waals surface area contributed by atoms with Gasteiger partial charge in [-0.1, -0.05) is 20.8 Å². The van der Waals surface area contributed by atoms with Crippen molar-refractivity contribution in [2.75, 3.05) is 13.1 Å². The zero-order valence-corrected chi connectivity index (χ0v) is 12.2. The maximum Gasteiger partial charge on any atom is 0.308 e. The topological polar surface area (TPSA) is 70.8 Å². The molecular weight excluding hydrogens is 258 g/mol. The van der Waals surface area contributed by atoms with Crippen LogP contribution in [-0.4, -0.2) is 35.0 Å². The number of carbonyl (C=O) groups is 2. The minimum atomic E-state index is -0.837. The van der Waals surface area contributed by atoms with Crippen LogP contribution < -0.4 is 0 Å². The van der Waals surface area contributed by atoms with Crippen LogP contribution in [0.25, 0.3) is 0 Å². The monoisotopic (exact) mass is 279 g/mol. The molecule has 0 unspecified atom stereocenters. The maximum absolute atomic E-state index is 12.4. The van der Waals surface area contributed by atoms with Gasteiger partial charge in [-0.3, -0.25) is 9.59 Å². The van der Waals surface area contributed by atoms with Gasteiger partial charge in [0.1, 0.15) is 5.76 Å². The van der Waals surface area contributed by atoms with Crippen molar-refractivity contribution in [2.24, 2.45) is 11.8 Å². The number of hydrogen-bond acceptors (Lipinski definition) is 3. The standard InChI is InChI=1S/C15H21NO4/c1-4-10-6-13(20-12(10)5-2)14(17)16-7-9(3)11(8-16)15(18)19/h6,9,11H,4-5,7-8H2,1-3H3,(H,18,19)/t9-,11-/m1/s1. The van der Waals surface area contributed by atoms with Gasteiger partial charge in [-0.15, -0.1) is 0 Å². The number of carboxylic acids is 1. The largest absolute Gasteiger partial charge is 0.481 e. The smallest absolute Gasteiger partial charge is 0.308 e. The molecule has 20 heavy (non-hydrogen) atoms. The first-order chi connectivity index (χ1) is 9.47. The van der Waals surface area contributed by atoms with E-state index in [0.29, 0.717) is 12.3 Å². The Morgan fingerprint density at radius 3 is 2.50 bits per heavy atom. The van der Waals surface area contributed by atoms with Crippen molar-refractivity contribution in [3.8, 4) is 0 Å². The molecule has 0 saturated carbocycles. The molecule has 0 aliphatic carbocycles. The molecule has 0 spiro atoms. The summed E-state index contributed by atoms with van der Waals surface area (Å²) in [6, 6.07) is 1.79. The predicted octanol–water partition coefficient (Wildman–Crippen LogP) is 2.20. The Labute approximate surface area is 118 Å². The summed E-state index contributed by atoms with van der Waals surface area (Å²) in [7, 11) is 0. The fourth-order valence-corrected chi connectivity index (χ4v) is 2.78. The van der Waals surface area contributed by atoms with Crippen molar-refractivity contribution in [1.29, 1.82) is 0 Å². The van der Waals surface area contributed by atoms with Crippen LogP contribution in [0.5, 0.6) is 0 Å². The van der Waals surface area contributed by atoms with Crippen LogP contribution in [-0.2, 0) is 17.6 Å². The third kappa shape index (κ3) is 2.57. The van der Waals surface area contributed by atoms with Gasteiger partial charge in [-0.25, -0.2) is 0 Å². The number of aryl methyl sites for hydroxylation is 2. The van der Waals surface area contributed by atoms with Crippen LogP contribution >= 0.6 is 0 Å². The summed E-state index contributed by atoms with van der Waals surface area (Å²) >= 11 is 0. The van der Waals surface area contributed by atoms with E-state index in [9.17, 15) is 9.59 Å². The molecule has 1 aromatic heterocycles. The summed E-state index contributed by atoms with van der Waals surface area (Å²) in [6.07, 6.45) is 1.58. The number of amides is 1. The first-order valence-electron chi connectivity index (χ1n) is 7.11. The number of hydrogen-bond donors (Lipinski definition) is 1. The number of furan rings is 1. The number of nitrogens with zero attached hydrogens (tertiary/aromatic N) is 1. The van der Waals surface area contributed by atoms with Gasteiger partial charge in [0, 0.05) is 19.5 Å². The third-order valence-electron chi connectivity index (χ3n) is 4.03. The van der Waals surface area contributed by atoms with Crippen molar-refractivity contribution in [3.63, 3.8) is 0 Å². The van der Waals surface area contributed by atoms with Gasteiger partial charge >= 0.3 is 5.97 Å². The molecule has 5 heteroatoms. The molecule has 1 aliphatic rings. The highest BCUT2D eigenvalue weighted by atomic mass is 16.4. The lowest BCUT2D eigenvalue weighted by Crippen LogP contribution is -2.29. The molecule has 2 heterocycles. The van der Waals surface area contributed by atoms with Gasteiger partial charge in [-0.05, 0) is 24.0 Å². The fourth-order valence-electron chi connectivity index (χ4n) is 2.78. The van der Waals surface area contributed by atoms with Crippen LogP contribution in [0.15, 0.2) is 10.5 Å². The summed E-state index contributed by atoms with van der Waals surface area (Å²) in [5.41, 5.74) is 1.05. The van der Waals surface area contributed by atoms with E-state index in [2.05, 4.69) is 0 Å². The van der Waals surface area contributed by atoms with Gasteiger partial charge in [0.05, 0.1) is 5.92 Å². The zero-order valence-electron chi connectivity index (χ0n) is 12.2.